The number of nitrogens with one attached hydrogen (secondary N) is 1. The van der Waals surface area contributed by atoms with Crippen LogP contribution in [0.1, 0.15) is 26.7 Å². The van der Waals surface area contributed by atoms with E-state index in [1.165, 1.54) is 0 Å². The first-order valence-corrected chi connectivity index (χ1v) is 6.58. The minimum Gasteiger partial charge on any atom is -0.444 e. The molecule has 1 saturated heterocycles. The van der Waals surface area contributed by atoms with Crippen molar-refractivity contribution in [3.05, 3.63) is 16.4 Å². The Morgan fingerprint density at radius 2 is 2.00 bits per heavy atom. The van der Waals surface area contributed by atoms with Crippen molar-refractivity contribution < 1.29 is 13.9 Å². The van der Waals surface area contributed by atoms with Crippen LogP contribution in [0.4, 0.5) is 4.79 Å². The summed E-state index contributed by atoms with van der Waals surface area (Å²) in [4.78, 5) is 26.5. The van der Waals surface area contributed by atoms with Gasteiger partial charge in [0.05, 0.1) is 6.54 Å². The van der Waals surface area contributed by atoms with Crippen LogP contribution in [0, 0.1) is 0 Å². The summed E-state index contributed by atoms with van der Waals surface area (Å²) in [5.41, 5.74) is -0.479. The van der Waals surface area contributed by atoms with E-state index in [1.54, 1.807) is 4.90 Å². The molecule has 0 unspecified atom stereocenters. The molecule has 1 aromatic rings. The Balaban J connectivity index is 1.80. The third-order valence-corrected chi connectivity index (χ3v) is 2.87. The molecular weight excluding hydrogens is 264 g/mol. The molecule has 1 aliphatic heterocycles. The van der Waals surface area contributed by atoms with Crippen LogP contribution in [0.2, 0.25) is 0 Å². The molecule has 0 spiro atoms. The van der Waals surface area contributed by atoms with Gasteiger partial charge in [0.15, 0.2) is 0 Å². The predicted molar refractivity (Wildman–Crippen MR) is 70.2 cm³/mol. The van der Waals surface area contributed by atoms with Gasteiger partial charge >= 0.3 is 11.8 Å². The Morgan fingerprint density at radius 1 is 1.35 bits per heavy atom. The van der Waals surface area contributed by atoms with E-state index in [1.807, 2.05) is 20.8 Å². The first kappa shape index (κ1) is 14.6. The van der Waals surface area contributed by atoms with Crippen LogP contribution in [0.25, 0.3) is 0 Å². The molecule has 1 N–H and O–H groups in total. The van der Waals surface area contributed by atoms with Gasteiger partial charge in [-0.15, -0.1) is 5.10 Å². The minimum atomic E-state index is -0.549. The molecule has 2 rings (SSSR count). The molecule has 1 fully saturated rings. The molecule has 0 aliphatic carbocycles. The van der Waals surface area contributed by atoms with Crippen molar-refractivity contribution >= 4 is 6.09 Å². The van der Waals surface area contributed by atoms with E-state index in [2.05, 4.69) is 15.1 Å². The average Bonchev–Trinajstić information content (AvgIpc) is 2.73. The van der Waals surface area contributed by atoms with Crippen LogP contribution in [0.15, 0.2) is 9.21 Å². The highest BCUT2D eigenvalue weighted by Crippen LogP contribution is 2.12. The molecule has 0 atom stereocenters. The summed E-state index contributed by atoms with van der Waals surface area (Å²) in [5, 5.41) is 5.99. The zero-order valence-electron chi connectivity index (χ0n) is 12.0. The van der Waals surface area contributed by atoms with E-state index < -0.39 is 11.4 Å². The fraction of sp³-hybridized carbons (Fsp3) is 0.750. The highest BCUT2D eigenvalue weighted by atomic mass is 16.6. The van der Waals surface area contributed by atoms with Gasteiger partial charge in [0.1, 0.15) is 5.60 Å². The zero-order valence-corrected chi connectivity index (χ0v) is 12.0. The first-order chi connectivity index (χ1) is 9.33. The summed E-state index contributed by atoms with van der Waals surface area (Å²) in [6.07, 6.45) is -0.288. The lowest BCUT2D eigenvalue weighted by Crippen LogP contribution is -2.49. The van der Waals surface area contributed by atoms with Gasteiger partial charge in [0.25, 0.3) is 0 Å². The number of hydrogen-bond donors (Lipinski definition) is 1. The third kappa shape index (κ3) is 4.09. The molecular formula is C12H20N4O4. The summed E-state index contributed by atoms with van der Waals surface area (Å²) in [6, 6.07) is 0. The van der Waals surface area contributed by atoms with Crippen LogP contribution in [-0.2, 0) is 11.3 Å². The highest BCUT2D eigenvalue weighted by molar-refractivity contribution is 5.68. The first-order valence-electron chi connectivity index (χ1n) is 6.58. The van der Waals surface area contributed by atoms with Crippen molar-refractivity contribution in [3.63, 3.8) is 0 Å². The predicted octanol–water partition coefficient (Wildman–Crippen LogP) is 0.416. The van der Waals surface area contributed by atoms with Crippen molar-refractivity contribution in [1.29, 1.82) is 0 Å². The lowest BCUT2D eigenvalue weighted by atomic mass is 10.2. The molecule has 0 bridgehead atoms. The van der Waals surface area contributed by atoms with Crippen LogP contribution in [0.5, 0.6) is 0 Å². The molecule has 112 valence electrons. The van der Waals surface area contributed by atoms with Gasteiger partial charge in [-0.25, -0.2) is 14.7 Å². The van der Waals surface area contributed by atoms with Crippen molar-refractivity contribution in [2.24, 2.45) is 0 Å². The number of piperazine rings is 1. The number of aromatic nitrogens is 2. The fourth-order valence-corrected chi connectivity index (χ4v) is 1.93. The average molecular weight is 284 g/mol. The van der Waals surface area contributed by atoms with Crippen LogP contribution < -0.4 is 5.76 Å². The molecule has 0 aromatic carbocycles. The van der Waals surface area contributed by atoms with Crippen LogP contribution in [0.3, 0.4) is 0 Å². The van der Waals surface area contributed by atoms with E-state index >= 15 is 0 Å². The van der Waals surface area contributed by atoms with Crippen molar-refractivity contribution in [3.8, 4) is 0 Å². The quantitative estimate of drug-likeness (QED) is 0.846. The van der Waals surface area contributed by atoms with Gasteiger partial charge in [0, 0.05) is 26.2 Å². The molecule has 2 heterocycles. The van der Waals surface area contributed by atoms with E-state index in [9.17, 15) is 9.59 Å². The monoisotopic (exact) mass is 284 g/mol. The number of carbonyl (C=O) groups is 1. The van der Waals surface area contributed by atoms with Crippen LogP contribution >= 0.6 is 0 Å². The minimum absolute atomic E-state index is 0.288. The third-order valence-electron chi connectivity index (χ3n) is 2.87. The van der Waals surface area contributed by atoms with Crippen molar-refractivity contribution in [1.82, 2.24) is 20.0 Å². The fourth-order valence-electron chi connectivity index (χ4n) is 1.93. The van der Waals surface area contributed by atoms with E-state index in [4.69, 9.17) is 9.15 Å². The number of nitrogens with zero attached hydrogens (tertiary/aromatic N) is 3. The van der Waals surface area contributed by atoms with Crippen molar-refractivity contribution in [2.45, 2.75) is 32.9 Å². The second kappa shape index (κ2) is 5.66. The number of carbonyl (C=O) groups excluding carboxylic acids is 1. The Kier molecular flexibility index (Phi) is 4.12. The maximum Gasteiger partial charge on any atom is 0.434 e. The molecule has 1 aromatic heterocycles. The number of ether oxygens (including phenoxy) is 1. The zero-order chi connectivity index (χ0) is 14.8. The summed E-state index contributed by atoms with van der Waals surface area (Å²) < 4.78 is 10.2. The van der Waals surface area contributed by atoms with Crippen molar-refractivity contribution in [2.75, 3.05) is 26.2 Å². The summed E-state index contributed by atoms with van der Waals surface area (Å²) in [5.74, 6) is -0.187. The SMILES string of the molecule is CC(C)(C)OC(=O)N1CCN(Cc2n[nH]c(=O)o2)CC1. The maximum atomic E-state index is 11.9. The molecule has 1 amide bonds. The standard InChI is InChI=1S/C12H20N4O4/c1-12(2,3)20-11(18)16-6-4-15(5-7-16)8-9-13-14-10(17)19-9/h4-8H2,1-3H3,(H,14,17). The topological polar surface area (TPSA) is 91.7 Å². The van der Waals surface area contributed by atoms with E-state index in [0.29, 0.717) is 38.6 Å². The normalized spacial score (nSPS) is 17.2. The van der Waals surface area contributed by atoms with Gasteiger partial charge in [-0.3, -0.25) is 4.90 Å². The summed E-state index contributed by atoms with van der Waals surface area (Å²) in [6.45, 7) is 8.56. The molecule has 20 heavy (non-hydrogen) atoms. The molecule has 8 heteroatoms. The molecule has 0 radical (unpaired) electrons. The highest BCUT2D eigenvalue weighted by Gasteiger charge is 2.26. The Bertz CT molecular complexity index is 508. The van der Waals surface area contributed by atoms with E-state index in [0.717, 1.165) is 0 Å². The number of H-pyrrole nitrogens is 1. The number of hydrogen-bond acceptors (Lipinski definition) is 6. The van der Waals surface area contributed by atoms with Gasteiger partial charge in [-0.1, -0.05) is 0 Å². The molecule has 0 saturated carbocycles. The van der Waals surface area contributed by atoms with Crippen LogP contribution in [-0.4, -0.2) is 57.9 Å². The summed E-state index contributed by atoms with van der Waals surface area (Å²) in [7, 11) is 0. The Morgan fingerprint density at radius 3 is 2.50 bits per heavy atom. The largest absolute Gasteiger partial charge is 0.444 e. The van der Waals surface area contributed by atoms with Gasteiger partial charge < -0.3 is 14.1 Å². The second-order valence-corrected chi connectivity index (χ2v) is 5.75. The number of amides is 1. The maximum absolute atomic E-state index is 11.9. The van der Waals surface area contributed by atoms with Gasteiger partial charge in [-0.05, 0) is 20.8 Å². The molecule has 1 aliphatic rings. The Hall–Kier alpha value is -1.83. The summed E-state index contributed by atoms with van der Waals surface area (Å²) >= 11 is 0. The lowest BCUT2D eigenvalue weighted by Gasteiger charge is -2.34. The Labute approximate surface area is 116 Å². The van der Waals surface area contributed by atoms with Gasteiger partial charge in [0.2, 0.25) is 5.89 Å². The smallest absolute Gasteiger partial charge is 0.434 e. The number of rotatable bonds is 2. The second-order valence-electron chi connectivity index (χ2n) is 5.75. The van der Waals surface area contributed by atoms with E-state index in [-0.39, 0.29) is 6.09 Å². The molecule has 8 nitrogen and oxygen atoms in total. The van der Waals surface area contributed by atoms with Gasteiger partial charge in [-0.2, -0.15) is 0 Å². The lowest BCUT2D eigenvalue weighted by molar-refractivity contribution is 0.0133. The number of aromatic amines is 1.